The van der Waals surface area contributed by atoms with Gasteiger partial charge in [0.2, 0.25) is 0 Å². The molecule has 9 aromatic carbocycles. The van der Waals surface area contributed by atoms with E-state index >= 15 is 0 Å². The molecule has 12 rings (SSSR count). The Morgan fingerprint density at radius 3 is 0.734 bits per heavy atom. The minimum Gasteiger partial charge on any atom is -0.309 e. The summed E-state index contributed by atoms with van der Waals surface area (Å²) in [7, 11) is 0. The van der Waals surface area contributed by atoms with Gasteiger partial charge in [0.1, 0.15) is 0 Å². The molecular weight excluding hydrogens is 955 g/mol. The number of rotatable bonds is 7. The lowest BCUT2D eigenvalue weighted by Gasteiger charge is -2.32. The third kappa shape index (κ3) is 8.71. The molecule has 0 aliphatic heterocycles. The zero-order valence-corrected chi connectivity index (χ0v) is 49.7. The Morgan fingerprint density at radius 1 is 0.203 bits per heavy atom. The van der Waals surface area contributed by atoms with Crippen LogP contribution < -0.4 is 0 Å². The number of hydrogen-bond donors (Lipinski definition) is 0. The molecule has 0 unspecified atom stereocenters. The second-order valence-electron chi connectivity index (χ2n) is 28.1. The van der Waals surface area contributed by atoms with Crippen molar-refractivity contribution in [2.75, 3.05) is 0 Å². The fourth-order valence-electron chi connectivity index (χ4n) is 12.5. The maximum absolute atomic E-state index is 2.56. The highest BCUT2D eigenvalue weighted by atomic mass is 15.0. The summed E-state index contributed by atoms with van der Waals surface area (Å²) in [4.78, 5) is 0. The topological polar surface area (TPSA) is 14.8 Å². The first-order valence-corrected chi connectivity index (χ1v) is 28.7. The standard InChI is InChI=1S/C76H79N3/c1-71(2,3)50-27-33-65-59(42-50)60-43-51(72(4,5)6)28-34-66(60)77(65)56-31-37-69-63(46-56)64-47-57(78-67-35-29-52(73(7,8)9)44-61(67)62-45-53(74(10,11)12)30-36-68(62)78)32-38-70(64)79(69)58-40-54(75(13,14)48-23-19-17-20-24-48)39-55(41-58)76(15,16)49-25-21-18-22-26-49/h17-47H,1-16H3. The SMILES string of the molecule is CC(C)(C)c1ccc2c(c1)c1cc(C(C)(C)C)ccc1n2-c1ccc2c(c1)c1cc(-n3c4ccc(C(C)(C)C)cc4c4cc(C(C)(C)C)ccc43)ccc1n2-c1cc(C(C)(C)c2ccccc2)cc(C(C)(C)c2ccccc2)c1. The maximum atomic E-state index is 2.56. The lowest BCUT2D eigenvalue weighted by molar-refractivity contribution is 0.590. The molecule has 0 saturated heterocycles. The number of fused-ring (bicyclic) bond motifs is 9. The molecule has 3 nitrogen and oxygen atoms in total. The predicted molar refractivity (Wildman–Crippen MR) is 341 cm³/mol. The molecule has 398 valence electrons. The van der Waals surface area contributed by atoms with E-state index in [1.807, 2.05) is 0 Å². The molecule has 0 aliphatic carbocycles. The van der Waals surface area contributed by atoms with Crippen molar-refractivity contribution in [3.8, 4) is 17.1 Å². The van der Waals surface area contributed by atoms with Crippen molar-refractivity contribution < 1.29 is 0 Å². The first kappa shape index (κ1) is 52.1. The van der Waals surface area contributed by atoms with Crippen LogP contribution in [0.4, 0.5) is 0 Å². The number of nitrogens with zero attached hydrogens (tertiary/aromatic N) is 3. The monoisotopic (exact) mass is 1030 g/mol. The van der Waals surface area contributed by atoms with Gasteiger partial charge in [-0.15, -0.1) is 0 Å². The predicted octanol–water partition coefficient (Wildman–Crippen LogP) is 20.8. The highest BCUT2D eigenvalue weighted by molar-refractivity contribution is 6.14. The van der Waals surface area contributed by atoms with Gasteiger partial charge >= 0.3 is 0 Å². The van der Waals surface area contributed by atoms with Gasteiger partial charge < -0.3 is 13.7 Å². The van der Waals surface area contributed by atoms with Gasteiger partial charge in [-0.1, -0.05) is 202 Å². The van der Waals surface area contributed by atoms with Crippen LogP contribution in [-0.2, 0) is 32.5 Å². The summed E-state index contributed by atoms with van der Waals surface area (Å²) in [6.07, 6.45) is 0. The van der Waals surface area contributed by atoms with E-state index in [1.54, 1.807) is 0 Å². The summed E-state index contributed by atoms with van der Waals surface area (Å²) in [6.45, 7) is 37.4. The summed E-state index contributed by atoms with van der Waals surface area (Å²) in [5.74, 6) is 0. The van der Waals surface area contributed by atoms with E-state index in [9.17, 15) is 0 Å². The largest absolute Gasteiger partial charge is 0.309 e. The first-order valence-electron chi connectivity index (χ1n) is 28.7. The molecule has 0 amide bonds. The van der Waals surface area contributed by atoms with Crippen LogP contribution in [0.25, 0.3) is 82.5 Å². The fourth-order valence-corrected chi connectivity index (χ4v) is 12.5. The zero-order chi connectivity index (χ0) is 55.9. The van der Waals surface area contributed by atoms with E-state index in [0.717, 1.165) is 17.1 Å². The summed E-state index contributed by atoms with van der Waals surface area (Å²) >= 11 is 0. The Balaban J connectivity index is 1.18. The Bertz CT molecular complexity index is 3950. The number of benzene rings is 9. The first-order chi connectivity index (χ1) is 37.2. The Labute approximate surface area is 469 Å². The lowest BCUT2D eigenvalue weighted by Crippen LogP contribution is -2.23. The zero-order valence-electron chi connectivity index (χ0n) is 49.7. The van der Waals surface area contributed by atoms with Gasteiger partial charge in [-0.25, -0.2) is 0 Å². The molecule has 0 aliphatic rings. The Kier molecular flexibility index (Phi) is 11.8. The summed E-state index contributed by atoms with van der Waals surface area (Å²) in [5, 5.41) is 7.59. The van der Waals surface area contributed by atoms with Crippen molar-refractivity contribution in [2.45, 2.75) is 143 Å². The third-order valence-electron chi connectivity index (χ3n) is 17.9. The minimum absolute atomic E-state index is 0.00656. The summed E-state index contributed by atoms with van der Waals surface area (Å²) in [6, 6.07) is 72.6. The maximum Gasteiger partial charge on any atom is 0.0542 e. The van der Waals surface area contributed by atoms with E-state index in [0.29, 0.717) is 0 Å². The minimum atomic E-state index is -0.287. The molecule has 0 atom stereocenters. The molecule has 3 heterocycles. The second-order valence-corrected chi connectivity index (χ2v) is 28.1. The molecular formula is C76H79N3. The highest BCUT2D eigenvalue weighted by Crippen LogP contribution is 2.45. The number of aromatic nitrogens is 3. The van der Waals surface area contributed by atoms with Crippen molar-refractivity contribution in [1.82, 2.24) is 13.7 Å². The average Bonchev–Trinajstić information content (AvgIpc) is 4.27. The third-order valence-corrected chi connectivity index (χ3v) is 17.9. The van der Waals surface area contributed by atoms with Crippen LogP contribution in [0.1, 0.15) is 155 Å². The van der Waals surface area contributed by atoms with Crippen molar-refractivity contribution >= 4 is 65.4 Å². The summed E-state index contributed by atoms with van der Waals surface area (Å²) in [5.41, 5.74) is 20.6. The van der Waals surface area contributed by atoms with Crippen molar-refractivity contribution in [3.05, 3.63) is 233 Å². The normalized spacial score (nSPS) is 13.3. The van der Waals surface area contributed by atoms with Crippen LogP contribution in [0.5, 0.6) is 0 Å². The van der Waals surface area contributed by atoms with Gasteiger partial charge in [-0.05, 0) is 163 Å². The van der Waals surface area contributed by atoms with Crippen LogP contribution in [-0.4, -0.2) is 13.7 Å². The second kappa shape index (κ2) is 18.0. The van der Waals surface area contributed by atoms with Crippen LogP contribution in [0.3, 0.4) is 0 Å². The van der Waals surface area contributed by atoms with Crippen LogP contribution in [0.15, 0.2) is 188 Å². The Morgan fingerprint density at radius 2 is 0.456 bits per heavy atom. The van der Waals surface area contributed by atoms with Gasteiger partial charge in [0.05, 0.1) is 33.1 Å². The van der Waals surface area contributed by atoms with E-state index in [-0.39, 0.29) is 32.5 Å². The van der Waals surface area contributed by atoms with E-state index in [4.69, 9.17) is 0 Å². The van der Waals surface area contributed by atoms with E-state index < -0.39 is 0 Å². The molecule has 0 spiro atoms. The Hall–Kier alpha value is -7.62. The van der Waals surface area contributed by atoms with Crippen molar-refractivity contribution in [2.24, 2.45) is 0 Å². The molecule has 12 aromatic rings. The molecule has 3 heteroatoms. The smallest absolute Gasteiger partial charge is 0.0542 e. The average molecular weight is 1030 g/mol. The molecule has 0 bridgehead atoms. The lowest BCUT2D eigenvalue weighted by atomic mass is 9.73. The van der Waals surface area contributed by atoms with E-state index in [1.165, 1.54) is 110 Å². The molecule has 0 radical (unpaired) electrons. The fraction of sp³-hybridized carbons (Fsp3) is 0.289. The van der Waals surface area contributed by atoms with Gasteiger partial charge in [0.25, 0.3) is 0 Å². The summed E-state index contributed by atoms with van der Waals surface area (Å²) < 4.78 is 7.60. The molecule has 3 aromatic heterocycles. The number of hydrogen-bond acceptors (Lipinski definition) is 0. The molecule has 0 N–H and O–H groups in total. The van der Waals surface area contributed by atoms with Gasteiger partial charge in [-0.3, -0.25) is 0 Å². The van der Waals surface area contributed by atoms with Crippen LogP contribution >= 0.6 is 0 Å². The van der Waals surface area contributed by atoms with Crippen LogP contribution in [0, 0.1) is 0 Å². The van der Waals surface area contributed by atoms with Crippen LogP contribution in [0.2, 0.25) is 0 Å². The highest BCUT2D eigenvalue weighted by Gasteiger charge is 2.31. The van der Waals surface area contributed by atoms with E-state index in [2.05, 4.69) is 313 Å². The molecule has 79 heavy (non-hydrogen) atoms. The van der Waals surface area contributed by atoms with Gasteiger partial charge in [0, 0.05) is 60.2 Å². The van der Waals surface area contributed by atoms with Crippen molar-refractivity contribution in [3.63, 3.8) is 0 Å². The molecule has 0 saturated carbocycles. The molecule has 0 fully saturated rings. The van der Waals surface area contributed by atoms with Crippen molar-refractivity contribution in [1.29, 1.82) is 0 Å². The quantitative estimate of drug-likeness (QED) is 0.151. The van der Waals surface area contributed by atoms with Gasteiger partial charge in [-0.2, -0.15) is 0 Å². The van der Waals surface area contributed by atoms with Gasteiger partial charge in [0.15, 0.2) is 0 Å².